The van der Waals surface area contributed by atoms with Crippen LogP contribution in [0.3, 0.4) is 0 Å². The lowest BCUT2D eigenvalue weighted by molar-refractivity contribution is -0.141. The van der Waals surface area contributed by atoms with Crippen LogP contribution in [0.15, 0.2) is 24.3 Å². The minimum atomic E-state index is -0.499. The zero-order valence-corrected chi connectivity index (χ0v) is 17.9. The summed E-state index contributed by atoms with van der Waals surface area (Å²) in [6.45, 7) is 4.08. The third kappa shape index (κ3) is 9.85. The van der Waals surface area contributed by atoms with Gasteiger partial charge in [-0.1, -0.05) is 50.5 Å². The number of carbonyl (C=O) groups is 1. The first-order chi connectivity index (χ1) is 13.5. The fourth-order valence-corrected chi connectivity index (χ4v) is 3.80. The van der Waals surface area contributed by atoms with Gasteiger partial charge in [0.15, 0.2) is 0 Å². The van der Waals surface area contributed by atoms with Crippen molar-refractivity contribution < 1.29 is 24.5 Å². The fraction of sp³-hybridized carbons (Fsp3) is 0.783. The van der Waals surface area contributed by atoms with E-state index >= 15 is 0 Å². The first-order valence-electron chi connectivity index (χ1n) is 10.8. The number of aliphatic hydroxyl groups excluding tert-OH is 2. The van der Waals surface area contributed by atoms with Gasteiger partial charge in [0.25, 0.3) is 0 Å². The summed E-state index contributed by atoms with van der Waals surface area (Å²) in [6, 6.07) is 0. The second kappa shape index (κ2) is 14.8. The molecule has 5 nitrogen and oxygen atoms in total. The Hall–Kier alpha value is -1.17. The van der Waals surface area contributed by atoms with Crippen LogP contribution in [0.5, 0.6) is 0 Å². The molecule has 0 amide bonds. The molecule has 1 fully saturated rings. The molecule has 5 atom stereocenters. The third-order valence-corrected chi connectivity index (χ3v) is 5.50. The molecule has 0 aromatic heterocycles. The highest BCUT2D eigenvalue weighted by Gasteiger charge is 2.39. The molecule has 0 spiro atoms. The molecule has 5 heteroatoms. The van der Waals surface area contributed by atoms with Gasteiger partial charge in [0, 0.05) is 26.4 Å². The van der Waals surface area contributed by atoms with Crippen LogP contribution in [-0.4, -0.2) is 48.2 Å². The second-order valence-corrected chi connectivity index (χ2v) is 7.81. The summed E-state index contributed by atoms with van der Waals surface area (Å²) in [5.41, 5.74) is 0. The van der Waals surface area contributed by atoms with Gasteiger partial charge in [0.05, 0.1) is 24.9 Å². The van der Waals surface area contributed by atoms with E-state index < -0.39 is 12.2 Å². The average molecular weight is 397 g/mol. The smallest absolute Gasteiger partial charge is 0.302 e. The molecule has 5 unspecified atom stereocenters. The highest BCUT2D eigenvalue weighted by molar-refractivity contribution is 5.65. The average Bonchev–Trinajstić information content (AvgIpc) is 2.93. The van der Waals surface area contributed by atoms with Gasteiger partial charge in [0.2, 0.25) is 0 Å². The number of hydrogen-bond donors (Lipinski definition) is 2. The van der Waals surface area contributed by atoms with Crippen LogP contribution < -0.4 is 0 Å². The van der Waals surface area contributed by atoms with Crippen molar-refractivity contribution in [2.75, 3.05) is 13.7 Å². The predicted octanol–water partition coefficient (Wildman–Crippen LogP) is 4.18. The van der Waals surface area contributed by atoms with Gasteiger partial charge in [0.1, 0.15) is 0 Å². The van der Waals surface area contributed by atoms with Crippen LogP contribution in [0, 0.1) is 11.8 Å². The molecule has 28 heavy (non-hydrogen) atoms. The molecule has 0 radical (unpaired) electrons. The maximum atomic E-state index is 10.7. The molecule has 0 bridgehead atoms. The third-order valence-electron chi connectivity index (χ3n) is 5.50. The fourth-order valence-electron chi connectivity index (χ4n) is 3.80. The minimum absolute atomic E-state index is 0.0348. The van der Waals surface area contributed by atoms with Crippen molar-refractivity contribution in [2.24, 2.45) is 11.8 Å². The van der Waals surface area contributed by atoms with Gasteiger partial charge in [-0.25, -0.2) is 0 Å². The van der Waals surface area contributed by atoms with Crippen LogP contribution in [0.2, 0.25) is 0 Å². The van der Waals surface area contributed by atoms with Crippen molar-refractivity contribution in [3.05, 3.63) is 24.3 Å². The quantitative estimate of drug-likeness (QED) is 0.262. The molecule has 1 rings (SSSR count). The monoisotopic (exact) mass is 396 g/mol. The van der Waals surface area contributed by atoms with E-state index in [-0.39, 0.29) is 23.9 Å². The summed E-state index contributed by atoms with van der Waals surface area (Å²) >= 11 is 0. The summed E-state index contributed by atoms with van der Waals surface area (Å²) in [5, 5.41) is 20.7. The number of ether oxygens (including phenoxy) is 2. The Morgan fingerprint density at radius 1 is 1.14 bits per heavy atom. The molecule has 0 aromatic carbocycles. The number of carbonyl (C=O) groups excluding carboxylic acids is 1. The number of aliphatic hydroxyl groups is 2. The molecule has 1 aliphatic rings. The Morgan fingerprint density at radius 2 is 1.93 bits per heavy atom. The summed E-state index contributed by atoms with van der Waals surface area (Å²) < 4.78 is 10.5. The molecular weight excluding hydrogens is 356 g/mol. The zero-order valence-electron chi connectivity index (χ0n) is 17.9. The Labute approximate surface area is 170 Å². The lowest BCUT2D eigenvalue weighted by Gasteiger charge is -2.20. The highest BCUT2D eigenvalue weighted by atomic mass is 16.5. The standard InChI is InChI=1S/C23H40O5/c1-4-5-9-12-19(27-3)14-15-21-20(22(25)17-23(21)26)13-10-7-6-8-11-16-28-18(2)24/h7,10,14-15,19-23,25-26H,4-6,8-9,11-13,16-17H2,1-3H3. The summed E-state index contributed by atoms with van der Waals surface area (Å²) in [7, 11) is 1.72. The number of unbranched alkanes of at least 4 members (excludes halogenated alkanes) is 4. The molecular formula is C23H40O5. The molecule has 0 aliphatic heterocycles. The van der Waals surface area contributed by atoms with E-state index in [0.717, 1.165) is 38.5 Å². The Kier molecular flexibility index (Phi) is 13.1. The lowest BCUT2D eigenvalue weighted by Crippen LogP contribution is -2.20. The second-order valence-electron chi connectivity index (χ2n) is 7.81. The SMILES string of the molecule is CCCCCC(C=CC1C(O)CC(O)C1CC=CCCCCOC(C)=O)OC. The van der Waals surface area contributed by atoms with Crippen LogP contribution in [0.1, 0.15) is 71.6 Å². The molecule has 0 aromatic rings. The Bertz CT molecular complexity index is 474. The summed E-state index contributed by atoms with van der Waals surface area (Å²) in [6.07, 6.45) is 15.9. The van der Waals surface area contributed by atoms with E-state index in [1.165, 1.54) is 19.8 Å². The first kappa shape index (κ1) is 24.9. The van der Waals surface area contributed by atoms with Gasteiger partial charge in [-0.15, -0.1) is 0 Å². The van der Waals surface area contributed by atoms with E-state index in [1.807, 2.05) is 0 Å². The van der Waals surface area contributed by atoms with Crippen molar-refractivity contribution in [1.29, 1.82) is 0 Å². The Balaban J connectivity index is 2.44. The molecule has 162 valence electrons. The molecule has 0 heterocycles. The number of hydrogen-bond acceptors (Lipinski definition) is 5. The van der Waals surface area contributed by atoms with Gasteiger partial charge >= 0.3 is 5.97 Å². The van der Waals surface area contributed by atoms with Crippen molar-refractivity contribution in [3.63, 3.8) is 0 Å². The minimum Gasteiger partial charge on any atom is -0.466 e. The number of methoxy groups -OCH3 is 1. The largest absolute Gasteiger partial charge is 0.466 e. The molecule has 1 saturated carbocycles. The highest BCUT2D eigenvalue weighted by Crippen LogP contribution is 2.36. The molecule has 0 saturated heterocycles. The van der Waals surface area contributed by atoms with E-state index in [0.29, 0.717) is 13.0 Å². The number of rotatable bonds is 14. The van der Waals surface area contributed by atoms with Gasteiger partial charge in [-0.2, -0.15) is 0 Å². The van der Waals surface area contributed by atoms with Crippen LogP contribution in [0.4, 0.5) is 0 Å². The van der Waals surface area contributed by atoms with E-state index in [9.17, 15) is 15.0 Å². The topological polar surface area (TPSA) is 76.0 Å². The van der Waals surface area contributed by atoms with Crippen molar-refractivity contribution in [3.8, 4) is 0 Å². The van der Waals surface area contributed by atoms with Crippen molar-refractivity contribution in [2.45, 2.75) is 89.9 Å². The van der Waals surface area contributed by atoms with Crippen LogP contribution >= 0.6 is 0 Å². The van der Waals surface area contributed by atoms with E-state index in [4.69, 9.17) is 9.47 Å². The Morgan fingerprint density at radius 3 is 2.61 bits per heavy atom. The zero-order chi connectivity index (χ0) is 20.8. The van der Waals surface area contributed by atoms with Crippen molar-refractivity contribution >= 4 is 5.97 Å². The summed E-state index contributed by atoms with van der Waals surface area (Å²) in [4.78, 5) is 10.7. The van der Waals surface area contributed by atoms with E-state index in [2.05, 4.69) is 31.2 Å². The van der Waals surface area contributed by atoms with Gasteiger partial charge in [-0.05, 0) is 38.0 Å². The number of allylic oxidation sites excluding steroid dienone is 2. The molecule has 1 aliphatic carbocycles. The van der Waals surface area contributed by atoms with E-state index in [1.54, 1.807) is 7.11 Å². The molecule has 2 N–H and O–H groups in total. The van der Waals surface area contributed by atoms with Crippen LogP contribution in [0.25, 0.3) is 0 Å². The first-order valence-corrected chi connectivity index (χ1v) is 10.8. The van der Waals surface area contributed by atoms with Gasteiger partial charge < -0.3 is 19.7 Å². The maximum absolute atomic E-state index is 10.7. The predicted molar refractivity (Wildman–Crippen MR) is 112 cm³/mol. The maximum Gasteiger partial charge on any atom is 0.302 e. The number of esters is 1. The van der Waals surface area contributed by atoms with Gasteiger partial charge in [-0.3, -0.25) is 4.79 Å². The lowest BCUT2D eigenvalue weighted by atomic mass is 9.89. The van der Waals surface area contributed by atoms with Crippen molar-refractivity contribution in [1.82, 2.24) is 0 Å². The summed E-state index contributed by atoms with van der Waals surface area (Å²) in [5.74, 6) is -0.228. The normalized spacial score (nSPS) is 26.3. The van der Waals surface area contributed by atoms with Crippen LogP contribution in [-0.2, 0) is 14.3 Å².